The van der Waals surface area contributed by atoms with Gasteiger partial charge in [0.2, 0.25) is 0 Å². The Hall–Kier alpha value is -2.20. The van der Waals surface area contributed by atoms with Crippen molar-refractivity contribution in [3.05, 3.63) is 65.7 Å². The molecule has 0 aliphatic carbocycles. The Labute approximate surface area is 122 Å². The number of imidazole rings is 1. The lowest BCUT2D eigenvalue weighted by Crippen LogP contribution is -2.06. The molecule has 0 amide bonds. The van der Waals surface area contributed by atoms with Crippen LogP contribution in [0.4, 0.5) is 4.39 Å². The molecule has 0 unspecified atom stereocenters. The highest BCUT2D eigenvalue weighted by atomic mass is 19.1. The lowest BCUT2D eigenvalue weighted by Gasteiger charge is -2.09. The molecule has 0 saturated heterocycles. The van der Waals surface area contributed by atoms with Crippen molar-refractivity contribution >= 4 is 11.0 Å². The monoisotopic (exact) mass is 284 g/mol. The Morgan fingerprint density at radius 2 is 1.90 bits per heavy atom. The number of halogens is 1. The van der Waals surface area contributed by atoms with Gasteiger partial charge in [0, 0.05) is 25.6 Å². The average Bonchev–Trinajstić information content (AvgIpc) is 2.83. The van der Waals surface area contributed by atoms with Crippen molar-refractivity contribution in [3.63, 3.8) is 0 Å². The maximum absolute atomic E-state index is 13.4. The standard InChI is InChI=1S/C17H17FN2O/c18-14-8-9-16-15(11-14)19-17(7-4-10-21)20(16)12-13-5-2-1-3-6-13/h1-3,5-6,8-9,11,21H,4,7,10,12H2. The average molecular weight is 284 g/mol. The maximum Gasteiger partial charge on any atom is 0.125 e. The highest BCUT2D eigenvalue weighted by molar-refractivity contribution is 5.76. The summed E-state index contributed by atoms with van der Waals surface area (Å²) in [6.07, 6.45) is 1.33. The van der Waals surface area contributed by atoms with Crippen LogP contribution in [0.2, 0.25) is 0 Å². The summed E-state index contributed by atoms with van der Waals surface area (Å²) in [5.74, 6) is 0.606. The number of hydrogen-bond donors (Lipinski definition) is 1. The molecule has 0 bridgehead atoms. The predicted molar refractivity (Wildman–Crippen MR) is 80.6 cm³/mol. The van der Waals surface area contributed by atoms with Crippen molar-refractivity contribution in [1.82, 2.24) is 9.55 Å². The molecular formula is C17H17FN2O. The van der Waals surface area contributed by atoms with Gasteiger partial charge in [0.05, 0.1) is 11.0 Å². The van der Waals surface area contributed by atoms with Gasteiger partial charge in [-0.3, -0.25) is 0 Å². The van der Waals surface area contributed by atoms with Crippen molar-refractivity contribution < 1.29 is 9.50 Å². The molecule has 0 saturated carbocycles. The van der Waals surface area contributed by atoms with Crippen LogP contribution in [0.15, 0.2) is 48.5 Å². The third-order valence-electron chi connectivity index (χ3n) is 3.53. The second kappa shape index (κ2) is 6.06. The van der Waals surface area contributed by atoms with E-state index in [4.69, 9.17) is 5.11 Å². The molecule has 0 atom stereocenters. The Balaban J connectivity index is 2.04. The summed E-state index contributed by atoms with van der Waals surface area (Å²) in [5.41, 5.74) is 2.76. The number of aliphatic hydroxyl groups excluding tert-OH is 1. The molecule has 0 radical (unpaired) electrons. The normalized spacial score (nSPS) is 11.1. The zero-order valence-electron chi connectivity index (χ0n) is 11.7. The highest BCUT2D eigenvalue weighted by Crippen LogP contribution is 2.20. The van der Waals surface area contributed by atoms with Crippen molar-refractivity contribution in [1.29, 1.82) is 0 Å². The summed E-state index contributed by atoms with van der Waals surface area (Å²) in [6, 6.07) is 14.8. The lowest BCUT2D eigenvalue weighted by molar-refractivity contribution is 0.287. The minimum atomic E-state index is -0.277. The first-order valence-electron chi connectivity index (χ1n) is 7.07. The maximum atomic E-state index is 13.4. The van der Waals surface area contributed by atoms with Crippen LogP contribution in [-0.2, 0) is 13.0 Å². The van der Waals surface area contributed by atoms with Gasteiger partial charge in [0.1, 0.15) is 11.6 Å². The molecular weight excluding hydrogens is 267 g/mol. The summed E-state index contributed by atoms with van der Waals surface area (Å²) in [6.45, 7) is 0.826. The minimum absolute atomic E-state index is 0.128. The van der Waals surface area contributed by atoms with Gasteiger partial charge in [-0.15, -0.1) is 0 Å². The molecule has 1 heterocycles. The number of aryl methyl sites for hydroxylation is 1. The number of nitrogens with zero attached hydrogens (tertiary/aromatic N) is 2. The molecule has 0 fully saturated rings. The Morgan fingerprint density at radius 3 is 2.67 bits per heavy atom. The van der Waals surface area contributed by atoms with E-state index in [2.05, 4.69) is 21.7 Å². The molecule has 0 aliphatic heterocycles. The van der Waals surface area contributed by atoms with E-state index in [1.54, 1.807) is 6.07 Å². The van der Waals surface area contributed by atoms with Crippen LogP contribution in [0.3, 0.4) is 0 Å². The molecule has 3 aromatic rings. The first-order chi connectivity index (χ1) is 10.3. The topological polar surface area (TPSA) is 38.1 Å². The van der Waals surface area contributed by atoms with Crippen molar-refractivity contribution in [2.75, 3.05) is 6.61 Å². The van der Waals surface area contributed by atoms with Gasteiger partial charge in [-0.05, 0) is 24.1 Å². The Morgan fingerprint density at radius 1 is 1.10 bits per heavy atom. The number of hydrogen-bond acceptors (Lipinski definition) is 2. The van der Waals surface area contributed by atoms with E-state index in [1.807, 2.05) is 18.2 Å². The van der Waals surface area contributed by atoms with E-state index in [0.717, 1.165) is 11.3 Å². The molecule has 4 heteroatoms. The van der Waals surface area contributed by atoms with Gasteiger partial charge in [0.15, 0.2) is 0 Å². The van der Waals surface area contributed by atoms with Gasteiger partial charge >= 0.3 is 0 Å². The molecule has 1 N–H and O–H groups in total. The quantitative estimate of drug-likeness (QED) is 0.781. The SMILES string of the molecule is OCCCc1nc2cc(F)ccc2n1Cc1ccccc1. The smallest absolute Gasteiger partial charge is 0.125 e. The van der Waals surface area contributed by atoms with E-state index < -0.39 is 0 Å². The van der Waals surface area contributed by atoms with Gasteiger partial charge < -0.3 is 9.67 Å². The minimum Gasteiger partial charge on any atom is -0.396 e. The zero-order chi connectivity index (χ0) is 14.7. The second-order valence-electron chi connectivity index (χ2n) is 5.06. The van der Waals surface area contributed by atoms with Crippen LogP contribution < -0.4 is 0 Å². The van der Waals surface area contributed by atoms with E-state index in [-0.39, 0.29) is 12.4 Å². The molecule has 0 aliphatic rings. The van der Waals surface area contributed by atoms with Crippen molar-refractivity contribution in [2.45, 2.75) is 19.4 Å². The summed E-state index contributed by atoms with van der Waals surface area (Å²) in [5, 5.41) is 9.03. The van der Waals surface area contributed by atoms with E-state index in [9.17, 15) is 4.39 Å². The van der Waals surface area contributed by atoms with Gasteiger partial charge in [-0.1, -0.05) is 30.3 Å². The van der Waals surface area contributed by atoms with Crippen LogP contribution >= 0.6 is 0 Å². The second-order valence-corrected chi connectivity index (χ2v) is 5.06. The molecule has 1 aromatic heterocycles. The summed E-state index contributed by atoms with van der Waals surface area (Å²) in [7, 11) is 0. The van der Waals surface area contributed by atoms with Crippen molar-refractivity contribution in [2.24, 2.45) is 0 Å². The van der Waals surface area contributed by atoms with E-state index in [0.29, 0.717) is 24.9 Å². The van der Waals surface area contributed by atoms with E-state index in [1.165, 1.54) is 17.7 Å². The van der Waals surface area contributed by atoms with Crippen LogP contribution in [-0.4, -0.2) is 21.3 Å². The van der Waals surface area contributed by atoms with Crippen LogP contribution in [0.25, 0.3) is 11.0 Å². The summed E-state index contributed by atoms with van der Waals surface area (Å²) < 4.78 is 15.5. The number of fused-ring (bicyclic) bond motifs is 1. The van der Waals surface area contributed by atoms with Gasteiger partial charge in [-0.25, -0.2) is 9.37 Å². The molecule has 0 spiro atoms. The fraction of sp³-hybridized carbons (Fsp3) is 0.235. The van der Waals surface area contributed by atoms with Crippen LogP contribution in [0.5, 0.6) is 0 Å². The van der Waals surface area contributed by atoms with Gasteiger partial charge in [-0.2, -0.15) is 0 Å². The predicted octanol–water partition coefficient (Wildman–Crippen LogP) is 3.15. The van der Waals surface area contributed by atoms with Crippen LogP contribution in [0.1, 0.15) is 17.8 Å². The van der Waals surface area contributed by atoms with Crippen LogP contribution in [0, 0.1) is 5.82 Å². The van der Waals surface area contributed by atoms with Crippen molar-refractivity contribution in [3.8, 4) is 0 Å². The third-order valence-corrected chi connectivity index (χ3v) is 3.53. The molecule has 108 valence electrons. The highest BCUT2D eigenvalue weighted by Gasteiger charge is 2.11. The zero-order valence-corrected chi connectivity index (χ0v) is 11.7. The van der Waals surface area contributed by atoms with Gasteiger partial charge in [0.25, 0.3) is 0 Å². The lowest BCUT2D eigenvalue weighted by atomic mass is 10.2. The fourth-order valence-corrected chi connectivity index (χ4v) is 2.52. The number of rotatable bonds is 5. The summed E-state index contributed by atoms with van der Waals surface area (Å²) >= 11 is 0. The molecule has 21 heavy (non-hydrogen) atoms. The largest absolute Gasteiger partial charge is 0.396 e. The Bertz CT molecular complexity index is 737. The third kappa shape index (κ3) is 2.95. The molecule has 2 aromatic carbocycles. The number of aromatic nitrogens is 2. The number of benzene rings is 2. The molecule has 3 rings (SSSR count). The summed E-state index contributed by atoms with van der Waals surface area (Å²) in [4.78, 5) is 4.52. The number of aliphatic hydroxyl groups is 1. The first-order valence-corrected chi connectivity index (χ1v) is 7.07. The fourth-order valence-electron chi connectivity index (χ4n) is 2.52. The first kappa shape index (κ1) is 13.8. The molecule has 3 nitrogen and oxygen atoms in total. The van der Waals surface area contributed by atoms with E-state index >= 15 is 0 Å². The Kier molecular flexibility index (Phi) is 3.97.